The van der Waals surface area contributed by atoms with Crippen LogP contribution in [0.25, 0.3) is 0 Å². The van der Waals surface area contributed by atoms with E-state index in [1.165, 1.54) is 31.7 Å². The third-order valence-electron chi connectivity index (χ3n) is 3.34. The summed E-state index contributed by atoms with van der Waals surface area (Å²) in [6.07, 6.45) is 8.43. The van der Waals surface area contributed by atoms with Gasteiger partial charge in [0.25, 0.3) is 0 Å². The summed E-state index contributed by atoms with van der Waals surface area (Å²) in [7, 11) is 1.80. The van der Waals surface area contributed by atoms with Crippen molar-refractivity contribution < 1.29 is 10.0 Å². The lowest BCUT2D eigenvalue weighted by molar-refractivity contribution is 0.143. The number of nitrogens with zero attached hydrogens (tertiary/aromatic N) is 4. The molecule has 1 aromatic rings. The fourth-order valence-corrected chi connectivity index (χ4v) is 2.22. The minimum atomic E-state index is -0.251. The van der Waals surface area contributed by atoms with Crippen LogP contribution in [0.5, 0.6) is 0 Å². The maximum absolute atomic E-state index is 12.0. The second kappa shape index (κ2) is 5.66. The summed E-state index contributed by atoms with van der Waals surface area (Å²) in [4.78, 5) is 18.3. The van der Waals surface area contributed by atoms with Gasteiger partial charge in [-0.1, -0.05) is 19.3 Å². The van der Waals surface area contributed by atoms with Crippen LogP contribution in [-0.2, 0) is 0 Å². The van der Waals surface area contributed by atoms with E-state index in [2.05, 4.69) is 10.1 Å². The van der Waals surface area contributed by atoms with Gasteiger partial charge < -0.3 is 10.1 Å². The Labute approximate surface area is 106 Å². The first-order valence-corrected chi connectivity index (χ1v) is 6.22. The molecule has 6 heteroatoms. The zero-order chi connectivity index (χ0) is 13.0. The standard InChI is InChI=1S/C12H18N4O2/c1-15(11-5-3-2-4-6-11)12(17)14-10-7-8-16(18)13-9-10/h7-9,11,18H,2-6H2,1H3. The fourth-order valence-electron chi connectivity index (χ4n) is 2.22. The molecule has 1 N–H and O–H groups in total. The van der Waals surface area contributed by atoms with E-state index >= 15 is 0 Å². The Balaban J connectivity index is 2.06. The van der Waals surface area contributed by atoms with Gasteiger partial charge in [-0.2, -0.15) is 4.99 Å². The first kappa shape index (κ1) is 12.6. The molecule has 2 rings (SSSR count). The van der Waals surface area contributed by atoms with Gasteiger partial charge in [-0.3, -0.25) is 0 Å². The second-order valence-corrected chi connectivity index (χ2v) is 4.60. The Morgan fingerprint density at radius 1 is 1.50 bits per heavy atom. The number of hydrogen-bond acceptors (Lipinski definition) is 3. The van der Waals surface area contributed by atoms with Gasteiger partial charge in [-0.15, -0.1) is 9.94 Å². The summed E-state index contributed by atoms with van der Waals surface area (Å²) in [5, 5.41) is 13.0. The highest BCUT2D eigenvalue weighted by molar-refractivity contribution is 5.75. The minimum absolute atomic E-state index is 0.251. The maximum Gasteiger partial charge on any atom is 0.344 e. The van der Waals surface area contributed by atoms with E-state index in [0.29, 0.717) is 16.2 Å². The van der Waals surface area contributed by atoms with Gasteiger partial charge in [0.1, 0.15) is 0 Å². The summed E-state index contributed by atoms with van der Waals surface area (Å²) in [5.41, 5.74) is 0. The molecule has 2 amide bonds. The van der Waals surface area contributed by atoms with Crippen LogP contribution in [0.2, 0.25) is 0 Å². The van der Waals surface area contributed by atoms with E-state index in [-0.39, 0.29) is 6.03 Å². The van der Waals surface area contributed by atoms with Crippen LogP contribution in [0.15, 0.2) is 23.5 Å². The fraction of sp³-hybridized carbons (Fsp3) is 0.583. The molecule has 1 aromatic heterocycles. The van der Waals surface area contributed by atoms with Crippen molar-refractivity contribution in [3.8, 4) is 0 Å². The first-order chi connectivity index (χ1) is 8.66. The van der Waals surface area contributed by atoms with Crippen molar-refractivity contribution in [1.29, 1.82) is 0 Å². The van der Waals surface area contributed by atoms with Crippen LogP contribution in [0, 0.1) is 0 Å². The highest BCUT2D eigenvalue weighted by Gasteiger charge is 2.21. The van der Waals surface area contributed by atoms with Crippen LogP contribution in [0.3, 0.4) is 0 Å². The Morgan fingerprint density at radius 3 is 2.83 bits per heavy atom. The molecule has 0 atom stereocenters. The van der Waals surface area contributed by atoms with Crippen LogP contribution in [-0.4, -0.2) is 39.2 Å². The average Bonchev–Trinajstić information content (AvgIpc) is 2.41. The molecular weight excluding hydrogens is 232 g/mol. The summed E-state index contributed by atoms with van der Waals surface area (Å²) in [6.45, 7) is 0. The third kappa shape index (κ3) is 3.09. The quantitative estimate of drug-likeness (QED) is 0.766. The number of aromatic nitrogens is 2. The number of rotatable bonds is 1. The van der Waals surface area contributed by atoms with Crippen LogP contribution in [0.1, 0.15) is 32.1 Å². The van der Waals surface area contributed by atoms with Crippen molar-refractivity contribution in [1.82, 2.24) is 14.8 Å². The van der Waals surface area contributed by atoms with Crippen molar-refractivity contribution in [2.75, 3.05) is 7.05 Å². The van der Waals surface area contributed by atoms with E-state index in [9.17, 15) is 4.79 Å². The second-order valence-electron chi connectivity index (χ2n) is 4.60. The SMILES string of the molecule is CN(C(=O)N=c1ccn(O)nc1)C1CCCCC1. The lowest BCUT2D eigenvalue weighted by Gasteiger charge is -2.29. The van der Waals surface area contributed by atoms with Crippen LogP contribution < -0.4 is 5.36 Å². The highest BCUT2D eigenvalue weighted by atomic mass is 16.5. The zero-order valence-corrected chi connectivity index (χ0v) is 10.5. The molecule has 0 bridgehead atoms. The van der Waals surface area contributed by atoms with Crippen molar-refractivity contribution >= 4 is 6.03 Å². The largest absolute Gasteiger partial charge is 0.412 e. The molecule has 18 heavy (non-hydrogen) atoms. The van der Waals surface area contributed by atoms with E-state index in [0.717, 1.165) is 12.8 Å². The van der Waals surface area contributed by atoms with Gasteiger partial charge >= 0.3 is 6.03 Å². The Morgan fingerprint density at radius 2 is 2.22 bits per heavy atom. The Kier molecular flexibility index (Phi) is 3.96. The molecule has 1 heterocycles. The van der Waals surface area contributed by atoms with E-state index in [1.807, 2.05) is 0 Å². The maximum atomic E-state index is 12.0. The van der Waals surface area contributed by atoms with Crippen LogP contribution in [0.4, 0.5) is 4.79 Å². The van der Waals surface area contributed by atoms with Crippen molar-refractivity contribution in [2.45, 2.75) is 38.1 Å². The highest BCUT2D eigenvalue weighted by Crippen LogP contribution is 2.21. The monoisotopic (exact) mass is 250 g/mol. The topological polar surface area (TPSA) is 70.7 Å². The molecule has 0 saturated heterocycles. The molecule has 1 aliphatic carbocycles. The van der Waals surface area contributed by atoms with E-state index < -0.39 is 0 Å². The van der Waals surface area contributed by atoms with Gasteiger partial charge in [0, 0.05) is 13.1 Å². The molecule has 6 nitrogen and oxygen atoms in total. The van der Waals surface area contributed by atoms with Gasteiger partial charge in [0.2, 0.25) is 0 Å². The predicted octanol–water partition coefficient (Wildman–Crippen LogP) is 1.41. The molecule has 0 aliphatic heterocycles. The van der Waals surface area contributed by atoms with Crippen molar-refractivity contribution in [2.24, 2.45) is 4.99 Å². The number of urea groups is 1. The van der Waals surface area contributed by atoms with Gasteiger partial charge in [0.15, 0.2) is 0 Å². The number of amides is 2. The summed E-state index contributed by atoms with van der Waals surface area (Å²) in [6, 6.07) is 1.59. The van der Waals surface area contributed by atoms with E-state index in [4.69, 9.17) is 5.21 Å². The van der Waals surface area contributed by atoms with Crippen LogP contribution >= 0.6 is 0 Å². The lowest BCUT2D eigenvalue weighted by atomic mass is 9.95. The minimum Gasteiger partial charge on any atom is -0.412 e. The zero-order valence-electron chi connectivity index (χ0n) is 10.5. The van der Waals surface area contributed by atoms with Gasteiger partial charge in [-0.05, 0) is 18.9 Å². The third-order valence-corrected chi connectivity index (χ3v) is 3.34. The van der Waals surface area contributed by atoms with E-state index in [1.54, 1.807) is 18.0 Å². The first-order valence-electron chi connectivity index (χ1n) is 6.22. The molecule has 0 radical (unpaired) electrons. The number of hydrogen-bond donors (Lipinski definition) is 1. The molecule has 1 aliphatic rings. The van der Waals surface area contributed by atoms with Crippen molar-refractivity contribution in [3.05, 3.63) is 23.8 Å². The molecule has 1 saturated carbocycles. The van der Waals surface area contributed by atoms with Gasteiger partial charge in [-0.25, -0.2) is 4.79 Å². The summed E-state index contributed by atoms with van der Waals surface area (Å²) in [5.74, 6) is 0. The molecule has 0 aromatic carbocycles. The van der Waals surface area contributed by atoms with Crippen molar-refractivity contribution in [3.63, 3.8) is 0 Å². The van der Waals surface area contributed by atoms with Gasteiger partial charge in [0.05, 0.1) is 17.8 Å². The molecule has 1 fully saturated rings. The number of carbonyl (C=O) groups is 1. The summed E-state index contributed by atoms with van der Waals surface area (Å²) < 4.78 is 0. The molecule has 98 valence electrons. The Bertz CT molecular complexity index is 457. The molecular formula is C12H18N4O2. The average molecular weight is 250 g/mol. The summed E-state index contributed by atoms with van der Waals surface area (Å²) >= 11 is 0. The smallest absolute Gasteiger partial charge is 0.344 e. The molecule has 0 unspecified atom stereocenters. The lowest BCUT2D eigenvalue weighted by Crippen LogP contribution is -2.37. The predicted molar refractivity (Wildman–Crippen MR) is 65.0 cm³/mol. The normalized spacial score (nSPS) is 17.7. The molecule has 0 spiro atoms. The Hall–Kier alpha value is -1.85. The number of carbonyl (C=O) groups excluding carboxylic acids is 1.